The van der Waals surface area contributed by atoms with Gasteiger partial charge in [0.05, 0.1) is 7.11 Å². The fourth-order valence-corrected chi connectivity index (χ4v) is 1.84. The van der Waals surface area contributed by atoms with E-state index >= 15 is 0 Å². The summed E-state index contributed by atoms with van der Waals surface area (Å²) < 4.78 is 6.32. The molecule has 0 saturated carbocycles. The van der Waals surface area contributed by atoms with Crippen LogP contribution in [0.25, 0.3) is 0 Å². The fraction of sp³-hybridized carbons (Fsp3) is 0.500. The van der Waals surface area contributed by atoms with Crippen molar-refractivity contribution < 1.29 is 4.74 Å². The maximum absolute atomic E-state index is 6.06. The van der Waals surface area contributed by atoms with Crippen molar-refractivity contribution in [3.8, 4) is 5.75 Å². The molecule has 3 heteroatoms. The SMILES string of the molecule is COc1ccc(Br)c(CC(C)C(C)Cl)c1. The van der Waals surface area contributed by atoms with E-state index in [0.717, 1.165) is 16.6 Å². The summed E-state index contributed by atoms with van der Waals surface area (Å²) in [5, 5.41) is 0.183. The summed E-state index contributed by atoms with van der Waals surface area (Å²) >= 11 is 9.60. The minimum atomic E-state index is 0.183. The molecule has 1 nitrogen and oxygen atoms in total. The third kappa shape index (κ3) is 3.69. The molecule has 0 aromatic heterocycles. The van der Waals surface area contributed by atoms with Crippen molar-refractivity contribution >= 4 is 27.5 Å². The first kappa shape index (κ1) is 12.9. The maximum atomic E-state index is 6.06. The zero-order valence-corrected chi connectivity index (χ0v) is 11.6. The van der Waals surface area contributed by atoms with Crippen molar-refractivity contribution in [3.05, 3.63) is 28.2 Å². The van der Waals surface area contributed by atoms with Gasteiger partial charge in [-0.3, -0.25) is 0 Å². The van der Waals surface area contributed by atoms with Gasteiger partial charge in [0.25, 0.3) is 0 Å². The van der Waals surface area contributed by atoms with Gasteiger partial charge in [0.1, 0.15) is 5.75 Å². The average molecular weight is 292 g/mol. The lowest BCUT2D eigenvalue weighted by molar-refractivity contribution is 0.413. The summed E-state index contributed by atoms with van der Waals surface area (Å²) in [5.41, 5.74) is 1.24. The Morgan fingerprint density at radius 2 is 2.07 bits per heavy atom. The number of hydrogen-bond donors (Lipinski definition) is 0. The first-order chi connectivity index (χ1) is 7.04. The normalized spacial score (nSPS) is 14.7. The number of benzene rings is 1. The second kappa shape index (κ2) is 5.76. The molecule has 0 aliphatic carbocycles. The van der Waals surface area contributed by atoms with Gasteiger partial charge in [0.15, 0.2) is 0 Å². The quantitative estimate of drug-likeness (QED) is 0.753. The van der Waals surface area contributed by atoms with Gasteiger partial charge in [-0.1, -0.05) is 22.9 Å². The first-order valence-electron chi connectivity index (χ1n) is 5.01. The molecule has 0 aliphatic heterocycles. The van der Waals surface area contributed by atoms with E-state index in [2.05, 4.69) is 28.9 Å². The highest BCUT2D eigenvalue weighted by Crippen LogP contribution is 2.26. The Morgan fingerprint density at radius 1 is 1.40 bits per heavy atom. The number of halogens is 2. The first-order valence-corrected chi connectivity index (χ1v) is 6.24. The number of alkyl halides is 1. The molecule has 0 fully saturated rings. The molecule has 0 saturated heterocycles. The summed E-state index contributed by atoms with van der Waals surface area (Å²) in [4.78, 5) is 0. The molecule has 0 N–H and O–H groups in total. The smallest absolute Gasteiger partial charge is 0.119 e. The summed E-state index contributed by atoms with van der Waals surface area (Å²) in [5.74, 6) is 1.35. The van der Waals surface area contributed by atoms with Gasteiger partial charge in [-0.15, -0.1) is 11.6 Å². The van der Waals surface area contributed by atoms with Gasteiger partial charge in [0.2, 0.25) is 0 Å². The minimum absolute atomic E-state index is 0.183. The minimum Gasteiger partial charge on any atom is -0.497 e. The largest absolute Gasteiger partial charge is 0.497 e. The van der Waals surface area contributed by atoms with E-state index in [1.165, 1.54) is 5.56 Å². The monoisotopic (exact) mass is 290 g/mol. The zero-order chi connectivity index (χ0) is 11.4. The Labute approximate surface area is 105 Å². The van der Waals surface area contributed by atoms with E-state index in [4.69, 9.17) is 16.3 Å². The highest BCUT2D eigenvalue weighted by molar-refractivity contribution is 9.10. The predicted octanol–water partition coefficient (Wildman–Crippen LogP) is 4.26. The second-order valence-corrected chi connectivity index (χ2v) is 5.36. The standard InChI is InChI=1S/C12H16BrClO/c1-8(9(2)14)6-10-7-11(15-3)4-5-12(10)13/h4-5,7-9H,6H2,1-3H3. The molecule has 0 spiro atoms. The van der Waals surface area contributed by atoms with Gasteiger partial charge < -0.3 is 4.74 Å². The molecular weight excluding hydrogens is 275 g/mol. The van der Waals surface area contributed by atoms with Crippen molar-refractivity contribution in [3.63, 3.8) is 0 Å². The van der Waals surface area contributed by atoms with Crippen LogP contribution in [0.2, 0.25) is 0 Å². The molecule has 2 atom stereocenters. The van der Waals surface area contributed by atoms with Crippen LogP contribution in [0.3, 0.4) is 0 Å². The molecule has 2 unspecified atom stereocenters. The summed E-state index contributed by atoms with van der Waals surface area (Å²) in [6.07, 6.45) is 0.961. The third-order valence-corrected chi connectivity index (χ3v) is 3.78. The Morgan fingerprint density at radius 3 is 2.60 bits per heavy atom. The molecule has 84 valence electrons. The van der Waals surface area contributed by atoms with Crippen LogP contribution in [0.15, 0.2) is 22.7 Å². The second-order valence-electron chi connectivity index (χ2n) is 3.82. The molecule has 1 aromatic carbocycles. The van der Waals surface area contributed by atoms with Crippen LogP contribution in [0.5, 0.6) is 5.75 Å². The topological polar surface area (TPSA) is 9.23 Å². The average Bonchev–Trinajstić information content (AvgIpc) is 2.21. The van der Waals surface area contributed by atoms with Gasteiger partial charge in [0, 0.05) is 9.85 Å². The van der Waals surface area contributed by atoms with Gasteiger partial charge >= 0.3 is 0 Å². The summed E-state index contributed by atoms with van der Waals surface area (Å²) in [7, 11) is 1.68. The van der Waals surface area contributed by atoms with E-state index in [-0.39, 0.29) is 5.38 Å². The zero-order valence-electron chi connectivity index (χ0n) is 9.26. The van der Waals surface area contributed by atoms with Crippen LogP contribution in [0.1, 0.15) is 19.4 Å². The van der Waals surface area contributed by atoms with E-state index in [9.17, 15) is 0 Å². The van der Waals surface area contributed by atoms with Crippen LogP contribution in [-0.2, 0) is 6.42 Å². The number of rotatable bonds is 4. The molecule has 0 aliphatic rings. The van der Waals surface area contributed by atoms with E-state index in [1.807, 2.05) is 19.1 Å². The maximum Gasteiger partial charge on any atom is 0.119 e. The Balaban J connectivity index is 2.83. The van der Waals surface area contributed by atoms with Crippen molar-refractivity contribution in [1.29, 1.82) is 0 Å². The number of methoxy groups -OCH3 is 1. The van der Waals surface area contributed by atoms with Crippen LogP contribution in [-0.4, -0.2) is 12.5 Å². The lowest BCUT2D eigenvalue weighted by Gasteiger charge is -2.15. The third-order valence-electron chi connectivity index (χ3n) is 2.58. The molecule has 0 heterocycles. The van der Waals surface area contributed by atoms with Crippen molar-refractivity contribution in [2.45, 2.75) is 25.6 Å². The van der Waals surface area contributed by atoms with Crippen molar-refractivity contribution in [2.24, 2.45) is 5.92 Å². The molecule has 0 radical (unpaired) electrons. The summed E-state index contributed by atoms with van der Waals surface area (Å²) in [6, 6.07) is 6.02. The molecule has 0 bridgehead atoms. The molecule has 15 heavy (non-hydrogen) atoms. The predicted molar refractivity (Wildman–Crippen MR) is 68.9 cm³/mol. The number of ether oxygens (including phenoxy) is 1. The summed E-state index contributed by atoms with van der Waals surface area (Å²) in [6.45, 7) is 4.18. The molecular formula is C12H16BrClO. The Bertz CT molecular complexity index is 325. The Hall–Kier alpha value is -0.210. The fourth-order valence-electron chi connectivity index (χ4n) is 1.34. The van der Waals surface area contributed by atoms with Crippen LogP contribution < -0.4 is 4.74 Å². The van der Waals surface area contributed by atoms with Crippen LogP contribution >= 0.6 is 27.5 Å². The molecule has 1 aromatic rings. The van der Waals surface area contributed by atoms with Gasteiger partial charge in [-0.25, -0.2) is 0 Å². The van der Waals surface area contributed by atoms with Crippen LogP contribution in [0, 0.1) is 5.92 Å². The van der Waals surface area contributed by atoms with E-state index in [1.54, 1.807) is 7.11 Å². The van der Waals surface area contributed by atoms with Crippen molar-refractivity contribution in [1.82, 2.24) is 0 Å². The highest BCUT2D eigenvalue weighted by atomic mass is 79.9. The highest BCUT2D eigenvalue weighted by Gasteiger charge is 2.12. The lowest BCUT2D eigenvalue weighted by Crippen LogP contribution is -2.10. The van der Waals surface area contributed by atoms with Crippen molar-refractivity contribution in [2.75, 3.05) is 7.11 Å². The molecule has 1 rings (SSSR count). The Kier molecular flexibility index (Phi) is 4.94. The van der Waals surface area contributed by atoms with E-state index in [0.29, 0.717) is 5.92 Å². The molecule has 0 amide bonds. The number of hydrogen-bond acceptors (Lipinski definition) is 1. The van der Waals surface area contributed by atoms with Gasteiger partial charge in [-0.05, 0) is 43.0 Å². The lowest BCUT2D eigenvalue weighted by atomic mass is 9.98. The van der Waals surface area contributed by atoms with E-state index < -0.39 is 0 Å². The van der Waals surface area contributed by atoms with Gasteiger partial charge in [-0.2, -0.15) is 0 Å². The van der Waals surface area contributed by atoms with Crippen LogP contribution in [0.4, 0.5) is 0 Å².